The van der Waals surface area contributed by atoms with Gasteiger partial charge in [-0.15, -0.1) is 0 Å². The lowest BCUT2D eigenvalue weighted by molar-refractivity contribution is -0.140. The predicted molar refractivity (Wildman–Crippen MR) is 87.0 cm³/mol. The van der Waals surface area contributed by atoms with E-state index in [0.29, 0.717) is 30.0 Å². The molecule has 6 nitrogen and oxygen atoms in total. The number of nitrogens with one attached hydrogen (secondary N) is 1. The Labute approximate surface area is 137 Å². The van der Waals surface area contributed by atoms with E-state index in [9.17, 15) is 9.59 Å². The van der Waals surface area contributed by atoms with Crippen molar-refractivity contribution >= 4 is 11.9 Å². The van der Waals surface area contributed by atoms with Crippen LogP contribution >= 0.6 is 0 Å². The van der Waals surface area contributed by atoms with Gasteiger partial charge in [-0.05, 0) is 31.0 Å². The third kappa shape index (κ3) is 6.59. The first-order valence-corrected chi connectivity index (χ1v) is 7.69. The Hall–Kier alpha value is -2.24. The minimum absolute atomic E-state index is 0.138. The number of methoxy groups -OCH3 is 3. The van der Waals surface area contributed by atoms with Gasteiger partial charge >= 0.3 is 5.97 Å². The number of hydrogen-bond acceptors (Lipinski definition) is 5. The van der Waals surface area contributed by atoms with Crippen molar-refractivity contribution in [1.29, 1.82) is 0 Å². The van der Waals surface area contributed by atoms with E-state index in [-0.39, 0.29) is 11.9 Å². The molecule has 0 aliphatic rings. The van der Waals surface area contributed by atoms with Gasteiger partial charge in [0, 0.05) is 18.5 Å². The maximum atomic E-state index is 12.1. The van der Waals surface area contributed by atoms with E-state index in [0.717, 1.165) is 25.7 Å². The van der Waals surface area contributed by atoms with Crippen molar-refractivity contribution < 1.29 is 23.8 Å². The summed E-state index contributed by atoms with van der Waals surface area (Å²) >= 11 is 0. The second-order valence-corrected chi connectivity index (χ2v) is 5.07. The van der Waals surface area contributed by atoms with Crippen molar-refractivity contribution in [3.05, 3.63) is 23.8 Å². The van der Waals surface area contributed by atoms with Crippen LogP contribution in [-0.4, -0.2) is 39.8 Å². The molecule has 0 unspecified atom stereocenters. The second-order valence-electron chi connectivity index (χ2n) is 5.07. The average Bonchev–Trinajstić information content (AvgIpc) is 2.59. The molecule has 1 N–H and O–H groups in total. The molecule has 0 saturated heterocycles. The highest BCUT2D eigenvalue weighted by molar-refractivity contribution is 5.94. The fourth-order valence-corrected chi connectivity index (χ4v) is 2.13. The van der Waals surface area contributed by atoms with Gasteiger partial charge < -0.3 is 19.5 Å². The number of carbonyl (C=O) groups is 2. The third-order valence-electron chi connectivity index (χ3n) is 3.47. The zero-order valence-electron chi connectivity index (χ0n) is 14.0. The first-order chi connectivity index (χ1) is 11.1. The topological polar surface area (TPSA) is 73.9 Å². The van der Waals surface area contributed by atoms with Gasteiger partial charge in [-0.1, -0.05) is 12.8 Å². The number of carbonyl (C=O) groups excluding carboxylic acids is 2. The van der Waals surface area contributed by atoms with Crippen LogP contribution in [0.15, 0.2) is 18.2 Å². The normalized spacial score (nSPS) is 10.0. The van der Waals surface area contributed by atoms with Gasteiger partial charge in [0.05, 0.1) is 21.3 Å². The Morgan fingerprint density at radius 3 is 2.30 bits per heavy atom. The molecule has 0 aromatic heterocycles. The van der Waals surface area contributed by atoms with Crippen LogP contribution in [0.25, 0.3) is 0 Å². The molecule has 0 heterocycles. The molecule has 1 rings (SSSR count). The molecule has 0 radical (unpaired) electrons. The lowest BCUT2D eigenvalue weighted by atomic mass is 10.1. The van der Waals surface area contributed by atoms with Crippen molar-refractivity contribution in [3.63, 3.8) is 0 Å². The summed E-state index contributed by atoms with van der Waals surface area (Å²) in [4.78, 5) is 23.0. The van der Waals surface area contributed by atoms with Gasteiger partial charge in [-0.25, -0.2) is 0 Å². The number of amides is 1. The second kappa shape index (κ2) is 10.5. The summed E-state index contributed by atoms with van der Waals surface area (Å²) in [5.74, 6) is 0.810. The van der Waals surface area contributed by atoms with Crippen LogP contribution < -0.4 is 14.8 Å². The zero-order chi connectivity index (χ0) is 17.1. The quantitative estimate of drug-likeness (QED) is 0.529. The minimum atomic E-state index is -0.174. The van der Waals surface area contributed by atoms with Crippen LogP contribution in [-0.2, 0) is 9.53 Å². The number of rotatable bonds is 10. The molecule has 1 amide bonds. The van der Waals surface area contributed by atoms with Crippen LogP contribution in [0.1, 0.15) is 42.5 Å². The first-order valence-electron chi connectivity index (χ1n) is 7.69. The summed E-state index contributed by atoms with van der Waals surface area (Å²) in [6.45, 7) is 0.603. The summed E-state index contributed by atoms with van der Waals surface area (Å²) in [5.41, 5.74) is 0.536. The Balaban J connectivity index is 2.28. The molecule has 1 aromatic carbocycles. The van der Waals surface area contributed by atoms with Crippen molar-refractivity contribution in [2.24, 2.45) is 0 Å². The summed E-state index contributed by atoms with van der Waals surface area (Å²) in [6, 6.07) is 5.07. The SMILES string of the molecule is COC(=O)CCCCCCNC(=O)c1ccc(OC)c(OC)c1. The Morgan fingerprint density at radius 1 is 0.957 bits per heavy atom. The minimum Gasteiger partial charge on any atom is -0.493 e. The highest BCUT2D eigenvalue weighted by Gasteiger charge is 2.10. The van der Waals surface area contributed by atoms with Gasteiger partial charge in [0.15, 0.2) is 11.5 Å². The molecule has 0 bridgehead atoms. The molecular formula is C17H25NO5. The molecule has 0 aliphatic carbocycles. The molecule has 23 heavy (non-hydrogen) atoms. The molecule has 0 fully saturated rings. The lowest BCUT2D eigenvalue weighted by Crippen LogP contribution is -2.24. The van der Waals surface area contributed by atoms with Crippen LogP contribution in [0.5, 0.6) is 11.5 Å². The molecule has 1 aromatic rings. The van der Waals surface area contributed by atoms with Crippen LogP contribution in [0.4, 0.5) is 0 Å². The predicted octanol–water partition coefficient (Wildman–Crippen LogP) is 2.56. The summed E-state index contributed by atoms with van der Waals surface area (Å²) in [5, 5.41) is 2.87. The molecule has 128 valence electrons. The average molecular weight is 323 g/mol. The Bertz CT molecular complexity index is 516. The smallest absolute Gasteiger partial charge is 0.305 e. The van der Waals surface area contributed by atoms with Crippen molar-refractivity contribution in [2.45, 2.75) is 32.1 Å². The van der Waals surface area contributed by atoms with Gasteiger partial charge in [0.1, 0.15) is 0 Å². The number of ether oxygens (including phenoxy) is 3. The third-order valence-corrected chi connectivity index (χ3v) is 3.47. The van der Waals surface area contributed by atoms with Gasteiger partial charge in [0.2, 0.25) is 0 Å². The maximum Gasteiger partial charge on any atom is 0.305 e. The maximum absolute atomic E-state index is 12.1. The first kappa shape index (κ1) is 18.8. The van der Waals surface area contributed by atoms with E-state index in [1.54, 1.807) is 25.3 Å². The van der Waals surface area contributed by atoms with Crippen molar-refractivity contribution in [2.75, 3.05) is 27.9 Å². The van der Waals surface area contributed by atoms with Crippen molar-refractivity contribution in [1.82, 2.24) is 5.32 Å². The standard InChI is InChI=1S/C17H25NO5/c1-21-14-10-9-13(12-15(14)22-2)17(20)18-11-7-5-4-6-8-16(19)23-3/h9-10,12H,4-8,11H2,1-3H3,(H,18,20). The van der Waals surface area contributed by atoms with Gasteiger partial charge in [-0.3, -0.25) is 9.59 Å². The fourth-order valence-electron chi connectivity index (χ4n) is 2.13. The monoisotopic (exact) mass is 323 g/mol. The summed E-state index contributed by atoms with van der Waals surface area (Å²) in [6.07, 6.45) is 4.05. The van der Waals surface area contributed by atoms with E-state index in [4.69, 9.17) is 9.47 Å². The van der Waals surface area contributed by atoms with E-state index in [1.807, 2.05) is 0 Å². The van der Waals surface area contributed by atoms with Gasteiger partial charge in [0.25, 0.3) is 5.91 Å². The van der Waals surface area contributed by atoms with E-state index in [2.05, 4.69) is 10.1 Å². The zero-order valence-corrected chi connectivity index (χ0v) is 14.0. The summed E-state index contributed by atoms with van der Waals surface area (Å²) < 4.78 is 14.9. The van der Waals surface area contributed by atoms with E-state index < -0.39 is 0 Å². The Kier molecular flexibility index (Phi) is 8.57. The molecule has 0 aliphatic heterocycles. The van der Waals surface area contributed by atoms with Crippen LogP contribution in [0, 0.1) is 0 Å². The fraction of sp³-hybridized carbons (Fsp3) is 0.529. The van der Waals surface area contributed by atoms with E-state index in [1.165, 1.54) is 14.2 Å². The van der Waals surface area contributed by atoms with Crippen LogP contribution in [0.3, 0.4) is 0 Å². The molecule has 0 spiro atoms. The highest BCUT2D eigenvalue weighted by Crippen LogP contribution is 2.27. The Morgan fingerprint density at radius 2 is 1.65 bits per heavy atom. The lowest BCUT2D eigenvalue weighted by Gasteiger charge is -2.10. The molecule has 0 atom stereocenters. The molecule has 6 heteroatoms. The summed E-state index contributed by atoms with van der Waals surface area (Å²) in [7, 11) is 4.48. The largest absolute Gasteiger partial charge is 0.493 e. The number of esters is 1. The van der Waals surface area contributed by atoms with Gasteiger partial charge in [-0.2, -0.15) is 0 Å². The van der Waals surface area contributed by atoms with Crippen molar-refractivity contribution in [3.8, 4) is 11.5 Å². The number of benzene rings is 1. The number of hydrogen-bond donors (Lipinski definition) is 1. The molecular weight excluding hydrogens is 298 g/mol. The highest BCUT2D eigenvalue weighted by atomic mass is 16.5. The van der Waals surface area contributed by atoms with E-state index >= 15 is 0 Å². The molecule has 0 saturated carbocycles. The van der Waals surface area contributed by atoms with Crippen LogP contribution in [0.2, 0.25) is 0 Å². The number of unbranched alkanes of at least 4 members (excludes halogenated alkanes) is 3.